The number of carbonyl (C=O) groups is 1. The SMILES string of the molecule is CSc1cc(C)cc(-c2c[nH]c3cnc(NC(C)=O)cc23)n1. The van der Waals surface area contributed by atoms with Crippen LogP contribution in [0.1, 0.15) is 12.5 Å². The fourth-order valence-electron chi connectivity index (χ4n) is 2.36. The molecular weight excluding hydrogens is 296 g/mol. The number of hydrogen-bond donors (Lipinski definition) is 2. The zero-order valence-corrected chi connectivity index (χ0v) is 13.4. The van der Waals surface area contributed by atoms with Crippen molar-refractivity contribution >= 4 is 34.4 Å². The van der Waals surface area contributed by atoms with Gasteiger partial charge in [-0.15, -0.1) is 11.8 Å². The molecule has 112 valence electrons. The molecule has 0 aromatic carbocycles. The summed E-state index contributed by atoms with van der Waals surface area (Å²) in [5.41, 5.74) is 4.00. The number of nitrogens with one attached hydrogen (secondary N) is 2. The predicted molar refractivity (Wildman–Crippen MR) is 90.1 cm³/mol. The Kier molecular flexibility index (Phi) is 3.85. The molecule has 0 aliphatic carbocycles. The highest BCUT2D eigenvalue weighted by Crippen LogP contribution is 2.30. The first-order chi connectivity index (χ1) is 10.6. The third-order valence-corrected chi connectivity index (χ3v) is 3.93. The molecule has 0 bridgehead atoms. The summed E-state index contributed by atoms with van der Waals surface area (Å²) in [4.78, 5) is 23.3. The Hall–Kier alpha value is -2.34. The smallest absolute Gasteiger partial charge is 0.222 e. The number of aryl methyl sites for hydroxylation is 1. The van der Waals surface area contributed by atoms with Crippen molar-refractivity contribution in [1.29, 1.82) is 0 Å². The van der Waals surface area contributed by atoms with Crippen LogP contribution in [0, 0.1) is 6.92 Å². The molecule has 22 heavy (non-hydrogen) atoms. The van der Waals surface area contributed by atoms with Gasteiger partial charge in [0, 0.05) is 24.1 Å². The molecule has 0 aliphatic heterocycles. The van der Waals surface area contributed by atoms with Crippen LogP contribution in [-0.4, -0.2) is 27.1 Å². The van der Waals surface area contributed by atoms with E-state index in [1.54, 1.807) is 18.0 Å². The standard InChI is InChI=1S/C16H16N4OS/c1-9-4-13(20-16(5-9)22-3)12-7-17-14-8-18-15(6-11(12)14)19-10(2)21/h4-8,17H,1-3H3,(H,18,19,21). The first kappa shape index (κ1) is 14.6. The number of thioether (sulfide) groups is 1. The van der Waals surface area contributed by atoms with E-state index in [0.29, 0.717) is 5.82 Å². The number of carbonyl (C=O) groups excluding carboxylic acids is 1. The van der Waals surface area contributed by atoms with E-state index in [1.165, 1.54) is 12.5 Å². The zero-order valence-electron chi connectivity index (χ0n) is 12.6. The molecule has 3 heterocycles. The van der Waals surface area contributed by atoms with Crippen LogP contribution in [0.5, 0.6) is 0 Å². The number of rotatable bonds is 3. The van der Waals surface area contributed by atoms with Crippen molar-refractivity contribution in [3.8, 4) is 11.3 Å². The van der Waals surface area contributed by atoms with Gasteiger partial charge in [0.05, 0.1) is 22.4 Å². The van der Waals surface area contributed by atoms with Crippen LogP contribution in [0.15, 0.2) is 35.6 Å². The highest BCUT2D eigenvalue weighted by Gasteiger charge is 2.11. The van der Waals surface area contributed by atoms with Crippen LogP contribution in [0.2, 0.25) is 0 Å². The number of amides is 1. The second-order valence-electron chi connectivity index (χ2n) is 5.07. The van der Waals surface area contributed by atoms with Crippen molar-refractivity contribution in [3.05, 3.63) is 36.2 Å². The maximum Gasteiger partial charge on any atom is 0.222 e. The van der Waals surface area contributed by atoms with E-state index in [2.05, 4.69) is 39.3 Å². The Morgan fingerprint density at radius 3 is 2.86 bits per heavy atom. The van der Waals surface area contributed by atoms with Gasteiger partial charge in [0.2, 0.25) is 5.91 Å². The molecule has 3 rings (SSSR count). The van der Waals surface area contributed by atoms with E-state index < -0.39 is 0 Å². The largest absolute Gasteiger partial charge is 0.359 e. The fourth-order valence-corrected chi connectivity index (χ4v) is 2.85. The van der Waals surface area contributed by atoms with Crippen LogP contribution < -0.4 is 5.32 Å². The lowest BCUT2D eigenvalue weighted by Gasteiger charge is -2.05. The molecule has 0 atom stereocenters. The van der Waals surface area contributed by atoms with Crippen LogP contribution in [0.4, 0.5) is 5.82 Å². The summed E-state index contributed by atoms with van der Waals surface area (Å²) in [6, 6.07) is 5.99. The topological polar surface area (TPSA) is 70.7 Å². The average Bonchev–Trinajstić information content (AvgIpc) is 2.89. The number of fused-ring (bicyclic) bond motifs is 1. The predicted octanol–water partition coefficient (Wildman–Crippen LogP) is 3.61. The van der Waals surface area contributed by atoms with E-state index in [9.17, 15) is 4.79 Å². The minimum absolute atomic E-state index is 0.137. The van der Waals surface area contributed by atoms with Crippen LogP contribution in [-0.2, 0) is 4.79 Å². The highest BCUT2D eigenvalue weighted by atomic mass is 32.2. The quantitative estimate of drug-likeness (QED) is 0.725. The maximum absolute atomic E-state index is 11.2. The van der Waals surface area contributed by atoms with Crippen molar-refractivity contribution in [3.63, 3.8) is 0 Å². The number of aromatic nitrogens is 3. The normalized spacial score (nSPS) is 10.9. The lowest BCUT2D eigenvalue weighted by molar-refractivity contribution is -0.114. The molecule has 3 aromatic rings. The Morgan fingerprint density at radius 2 is 2.14 bits per heavy atom. The minimum atomic E-state index is -0.137. The third-order valence-electron chi connectivity index (χ3n) is 3.30. The summed E-state index contributed by atoms with van der Waals surface area (Å²) in [5.74, 6) is 0.404. The minimum Gasteiger partial charge on any atom is -0.359 e. The lowest BCUT2D eigenvalue weighted by atomic mass is 10.1. The molecule has 0 unspecified atom stereocenters. The molecule has 1 amide bonds. The van der Waals surface area contributed by atoms with Gasteiger partial charge in [-0.25, -0.2) is 9.97 Å². The van der Waals surface area contributed by atoms with Gasteiger partial charge in [-0.3, -0.25) is 4.79 Å². The molecular formula is C16H16N4OS. The first-order valence-corrected chi connectivity index (χ1v) is 8.07. The van der Waals surface area contributed by atoms with E-state index in [1.807, 2.05) is 18.5 Å². The van der Waals surface area contributed by atoms with Crippen molar-refractivity contribution in [1.82, 2.24) is 15.0 Å². The maximum atomic E-state index is 11.2. The molecule has 0 saturated heterocycles. The molecule has 0 spiro atoms. The molecule has 3 aromatic heterocycles. The second-order valence-corrected chi connectivity index (χ2v) is 5.90. The number of nitrogens with zero attached hydrogens (tertiary/aromatic N) is 2. The summed E-state index contributed by atoms with van der Waals surface area (Å²) >= 11 is 1.62. The number of aromatic amines is 1. The van der Waals surface area contributed by atoms with Gasteiger partial charge in [0.25, 0.3) is 0 Å². The monoisotopic (exact) mass is 312 g/mol. The molecule has 2 N–H and O–H groups in total. The van der Waals surface area contributed by atoms with E-state index in [-0.39, 0.29) is 5.91 Å². The number of anilines is 1. The lowest BCUT2D eigenvalue weighted by Crippen LogP contribution is -2.06. The van der Waals surface area contributed by atoms with Crippen molar-refractivity contribution in [2.75, 3.05) is 11.6 Å². The fraction of sp³-hybridized carbons (Fsp3) is 0.188. The van der Waals surface area contributed by atoms with Gasteiger partial charge < -0.3 is 10.3 Å². The van der Waals surface area contributed by atoms with Crippen molar-refractivity contribution in [2.24, 2.45) is 0 Å². The van der Waals surface area contributed by atoms with Crippen LogP contribution >= 0.6 is 11.8 Å². The molecule has 6 heteroatoms. The zero-order chi connectivity index (χ0) is 15.7. The van der Waals surface area contributed by atoms with Gasteiger partial charge in [-0.05, 0) is 36.9 Å². The Morgan fingerprint density at radius 1 is 1.32 bits per heavy atom. The molecule has 0 aliphatic rings. The summed E-state index contributed by atoms with van der Waals surface area (Å²) < 4.78 is 0. The molecule has 0 radical (unpaired) electrons. The second kappa shape index (κ2) is 5.81. The Labute approximate surface area is 132 Å². The number of pyridine rings is 2. The Balaban J connectivity index is 2.14. The highest BCUT2D eigenvalue weighted by molar-refractivity contribution is 7.98. The first-order valence-electron chi connectivity index (χ1n) is 6.84. The van der Waals surface area contributed by atoms with Gasteiger partial charge in [0.1, 0.15) is 5.82 Å². The third kappa shape index (κ3) is 2.82. The van der Waals surface area contributed by atoms with Gasteiger partial charge in [-0.2, -0.15) is 0 Å². The van der Waals surface area contributed by atoms with Crippen LogP contribution in [0.3, 0.4) is 0 Å². The summed E-state index contributed by atoms with van der Waals surface area (Å²) in [6.07, 6.45) is 5.66. The van der Waals surface area contributed by atoms with Gasteiger partial charge in [-0.1, -0.05) is 0 Å². The Bertz CT molecular complexity index is 856. The summed E-state index contributed by atoms with van der Waals surface area (Å²) in [5, 5.41) is 4.69. The van der Waals surface area contributed by atoms with Gasteiger partial charge in [0.15, 0.2) is 0 Å². The number of H-pyrrole nitrogens is 1. The summed E-state index contributed by atoms with van der Waals surface area (Å²) in [6.45, 7) is 3.53. The van der Waals surface area contributed by atoms with Crippen molar-refractivity contribution < 1.29 is 4.79 Å². The van der Waals surface area contributed by atoms with Gasteiger partial charge >= 0.3 is 0 Å². The van der Waals surface area contributed by atoms with E-state index in [0.717, 1.165) is 27.2 Å². The van der Waals surface area contributed by atoms with E-state index in [4.69, 9.17) is 0 Å². The summed E-state index contributed by atoms with van der Waals surface area (Å²) in [7, 11) is 0. The van der Waals surface area contributed by atoms with Crippen molar-refractivity contribution in [2.45, 2.75) is 18.9 Å². The number of hydrogen-bond acceptors (Lipinski definition) is 4. The van der Waals surface area contributed by atoms with E-state index >= 15 is 0 Å². The van der Waals surface area contributed by atoms with Crippen LogP contribution in [0.25, 0.3) is 22.2 Å². The average molecular weight is 312 g/mol. The molecule has 0 saturated carbocycles. The molecule has 5 nitrogen and oxygen atoms in total. The molecule has 0 fully saturated rings.